The van der Waals surface area contributed by atoms with Gasteiger partial charge < -0.3 is 10.1 Å². The lowest BCUT2D eigenvalue weighted by Gasteiger charge is -2.11. The molecule has 1 aromatic heterocycles. The van der Waals surface area contributed by atoms with Gasteiger partial charge in [0.05, 0.1) is 11.3 Å². The topological polar surface area (TPSA) is 86.3 Å². The van der Waals surface area contributed by atoms with Crippen LogP contribution in [0.3, 0.4) is 0 Å². The molecular formula is C10H13N3O3. The van der Waals surface area contributed by atoms with Gasteiger partial charge in [0.15, 0.2) is 0 Å². The number of rotatable bonds is 3. The summed E-state index contributed by atoms with van der Waals surface area (Å²) in [6.07, 6.45) is 0.998. The van der Waals surface area contributed by atoms with E-state index in [-0.39, 0.29) is 11.4 Å². The molecule has 0 amide bonds. The summed E-state index contributed by atoms with van der Waals surface area (Å²) in [6.45, 7) is 4.07. The summed E-state index contributed by atoms with van der Waals surface area (Å²) in [5, 5.41) is 8.76. The van der Waals surface area contributed by atoms with Crippen molar-refractivity contribution in [3.05, 3.63) is 27.4 Å². The third kappa shape index (κ3) is 1.83. The number of aromatic amines is 1. The monoisotopic (exact) mass is 223 g/mol. The number of aromatic nitrogens is 2. The molecule has 0 atom stereocenters. The van der Waals surface area contributed by atoms with Gasteiger partial charge in [-0.15, -0.1) is 0 Å². The number of carbonyl (C=O) groups is 1. The Morgan fingerprint density at radius 1 is 1.56 bits per heavy atom. The molecule has 6 nitrogen and oxygen atoms in total. The van der Waals surface area contributed by atoms with Crippen LogP contribution >= 0.6 is 0 Å². The van der Waals surface area contributed by atoms with Crippen molar-refractivity contribution in [2.75, 3.05) is 6.54 Å². The van der Waals surface area contributed by atoms with Crippen molar-refractivity contribution in [1.82, 2.24) is 14.9 Å². The number of H-pyrrole nitrogens is 1. The van der Waals surface area contributed by atoms with Crippen molar-refractivity contribution in [3.8, 4) is 0 Å². The number of carboxylic acids is 1. The molecule has 0 saturated carbocycles. The highest BCUT2D eigenvalue weighted by Gasteiger charge is 2.24. The Morgan fingerprint density at radius 2 is 2.31 bits per heavy atom. The smallest absolute Gasteiger partial charge is 0.372 e. The van der Waals surface area contributed by atoms with Crippen molar-refractivity contribution in [3.63, 3.8) is 0 Å². The van der Waals surface area contributed by atoms with Crippen LogP contribution in [-0.2, 0) is 13.1 Å². The Morgan fingerprint density at radius 3 is 2.94 bits per heavy atom. The summed E-state index contributed by atoms with van der Waals surface area (Å²) in [7, 11) is 0. The molecule has 16 heavy (non-hydrogen) atoms. The molecule has 0 unspecified atom stereocenters. The maximum Gasteiger partial charge on any atom is 0.372 e. The van der Waals surface area contributed by atoms with E-state index in [4.69, 9.17) is 5.11 Å². The van der Waals surface area contributed by atoms with Crippen LogP contribution in [-0.4, -0.2) is 32.5 Å². The van der Waals surface area contributed by atoms with Gasteiger partial charge in [0.2, 0.25) is 5.82 Å². The van der Waals surface area contributed by atoms with Crippen LogP contribution in [0.1, 0.15) is 35.2 Å². The van der Waals surface area contributed by atoms with Crippen LogP contribution < -0.4 is 5.56 Å². The maximum absolute atomic E-state index is 11.6. The van der Waals surface area contributed by atoms with Crippen molar-refractivity contribution in [1.29, 1.82) is 0 Å². The highest BCUT2D eigenvalue weighted by atomic mass is 16.4. The van der Waals surface area contributed by atoms with Gasteiger partial charge in [0.1, 0.15) is 0 Å². The average molecular weight is 223 g/mol. The summed E-state index contributed by atoms with van der Waals surface area (Å²) in [6, 6.07) is 0. The van der Waals surface area contributed by atoms with E-state index >= 15 is 0 Å². The average Bonchev–Trinajstić information content (AvgIpc) is 2.61. The molecule has 0 saturated heterocycles. The predicted octanol–water partition coefficient (Wildman–Crippen LogP) is 0.194. The van der Waals surface area contributed by atoms with Gasteiger partial charge in [-0.2, -0.15) is 0 Å². The summed E-state index contributed by atoms with van der Waals surface area (Å²) >= 11 is 0. The van der Waals surface area contributed by atoms with Crippen LogP contribution in [0, 0.1) is 0 Å². The highest BCUT2D eigenvalue weighted by molar-refractivity contribution is 5.83. The maximum atomic E-state index is 11.6. The molecule has 0 aromatic carbocycles. The Balaban J connectivity index is 2.35. The van der Waals surface area contributed by atoms with Crippen LogP contribution in [0.15, 0.2) is 4.79 Å². The molecule has 0 radical (unpaired) electrons. The van der Waals surface area contributed by atoms with Gasteiger partial charge in [-0.3, -0.25) is 9.69 Å². The second kappa shape index (κ2) is 4.05. The molecule has 0 spiro atoms. The SMILES string of the molecule is CCCN1Cc2nc(C(=O)O)[nH]c(=O)c2C1. The normalized spacial score (nSPS) is 15.1. The van der Waals surface area contributed by atoms with E-state index in [9.17, 15) is 9.59 Å². The van der Waals surface area contributed by atoms with Gasteiger partial charge in [-0.05, 0) is 13.0 Å². The van der Waals surface area contributed by atoms with E-state index in [0.29, 0.717) is 24.3 Å². The zero-order chi connectivity index (χ0) is 11.7. The molecule has 1 aliphatic heterocycles. The lowest BCUT2D eigenvalue weighted by atomic mass is 10.3. The quantitative estimate of drug-likeness (QED) is 0.764. The number of hydrogen-bond donors (Lipinski definition) is 2. The molecule has 0 aliphatic carbocycles. The van der Waals surface area contributed by atoms with Gasteiger partial charge in [-0.1, -0.05) is 6.92 Å². The number of fused-ring (bicyclic) bond motifs is 1. The molecule has 2 heterocycles. The first kappa shape index (κ1) is 10.8. The first-order chi connectivity index (χ1) is 7.61. The van der Waals surface area contributed by atoms with Gasteiger partial charge >= 0.3 is 5.97 Å². The lowest BCUT2D eigenvalue weighted by Crippen LogP contribution is -2.20. The van der Waals surface area contributed by atoms with E-state index in [1.54, 1.807) is 0 Å². The van der Waals surface area contributed by atoms with E-state index < -0.39 is 5.97 Å². The lowest BCUT2D eigenvalue weighted by molar-refractivity contribution is 0.0682. The number of hydrogen-bond acceptors (Lipinski definition) is 4. The fraction of sp³-hybridized carbons (Fsp3) is 0.500. The van der Waals surface area contributed by atoms with E-state index in [1.807, 2.05) is 0 Å². The largest absolute Gasteiger partial charge is 0.475 e. The molecule has 1 aliphatic rings. The summed E-state index contributed by atoms with van der Waals surface area (Å²) < 4.78 is 0. The van der Waals surface area contributed by atoms with Crippen LogP contribution in [0.25, 0.3) is 0 Å². The van der Waals surface area contributed by atoms with Crippen molar-refractivity contribution < 1.29 is 9.90 Å². The van der Waals surface area contributed by atoms with Crippen molar-refractivity contribution in [2.45, 2.75) is 26.4 Å². The van der Waals surface area contributed by atoms with Crippen LogP contribution in [0.4, 0.5) is 0 Å². The number of aromatic carboxylic acids is 1. The molecule has 2 rings (SSSR count). The molecule has 0 bridgehead atoms. The predicted molar refractivity (Wildman–Crippen MR) is 56.2 cm³/mol. The first-order valence-corrected chi connectivity index (χ1v) is 5.19. The van der Waals surface area contributed by atoms with Crippen LogP contribution in [0.2, 0.25) is 0 Å². The molecule has 6 heteroatoms. The third-order valence-electron chi connectivity index (χ3n) is 2.60. The molecule has 0 fully saturated rings. The second-order valence-corrected chi connectivity index (χ2v) is 3.86. The Bertz CT molecular complexity index is 481. The van der Waals surface area contributed by atoms with E-state index in [2.05, 4.69) is 21.8 Å². The molecule has 1 aromatic rings. The molecular weight excluding hydrogens is 210 g/mol. The summed E-state index contributed by atoms with van der Waals surface area (Å²) in [4.78, 5) is 30.6. The Labute approximate surface area is 91.9 Å². The van der Waals surface area contributed by atoms with Crippen molar-refractivity contribution in [2.24, 2.45) is 0 Å². The van der Waals surface area contributed by atoms with E-state index in [0.717, 1.165) is 13.0 Å². The molecule has 86 valence electrons. The second-order valence-electron chi connectivity index (χ2n) is 3.86. The standard InChI is InChI=1S/C10H13N3O3/c1-2-3-13-4-6-7(5-13)11-8(10(15)16)12-9(6)14/h2-5H2,1H3,(H,15,16)(H,11,12,14). The Kier molecular flexibility index (Phi) is 2.74. The van der Waals surface area contributed by atoms with E-state index in [1.165, 1.54) is 0 Å². The zero-order valence-electron chi connectivity index (χ0n) is 8.99. The number of nitrogens with zero attached hydrogens (tertiary/aromatic N) is 2. The minimum absolute atomic E-state index is 0.276. The first-order valence-electron chi connectivity index (χ1n) is 5.19. The number of carboxylic acid groups (broad SMARTS) is 1. The fourth-order valence-corrected chi connectivity index (χ4v) is 1.91. The van der Waals surface area contributed by atoms with Gasteiger partial charge in [-0.25, -0.2) is 9.78 Å². The van der Waals surface area contributed by atoms with Crippen molar-refractivity contribution >= 4 is 5.97 Å². The highest BCUT2D eigenvalue weighted by Crippen LogP contribution is 2.17. The Hall–Kier alpha value is -1.69. The fourth-order valence-electron chi connectivity index (χ4n) is 1.91. The van der Waals surface area contributed by atoms with Crippen LogP contribution in [0.5, 0.6) is 0 Å². The zero-order valence-corrected chi connectivity index (χ0v) is 8.99. The minimum atomic E-state index is -1.20. The van der Waals surface area contributed by atoms with Gasteiger partial charge in [0.25, 0.3) is 5.56 Å². The summed E-state index contributed by atoms with van der Waals surface area (Å²) in [5.41, 5.74) is 0.856. The summed E-state index contributed by atoms with van der Waals surface area (Å²) in [5.74, 6) is -1.48. The number of nitrogens with one attached hydrogen (secondary N) is 1. The van der Waals surface area contributed by atoms with Gasteiger partial charge in [0, 0.05) is 13.1 Å². The molecule has 2 N–H and O–H groups in total. The third-order valence-corrected chi connectivity index (χ3v) is 2.60. The minimum Gasteiger partial charge on any atom is -0.475 e.